The molecule has 0 heterocycles. The van der Waals surface area contributed by atoms with Crippen molar-refractivity contribution in [2.45, 2.75) is 12.8 Å². The van der Waals surface area contributed by atoms with E-state index in [0.29, 0.717) is 6.42 Å². The van der Waals surface area contributed by atoms with Gasteiger partial charge in [-0.1, -0.05) is 12.7 Å². The third-order valence-electron chi connectivity index (χ3n) is 1.06. The predicted molar refractivity (Wildman–Crippen MR) is 47.6 cm³/mol. The second kappa shape index (κ2) is 7.61. The molecule has 0 fully saturated rings. The van der Waals surface area contributed by atoms with Crippen molar-refractivity contribution in [1.29, 1.82) is 0 Å². The zero-order valence-corrected chi connectivity index (χ0v) is 7.88. The lowest BCUT2D eigenvalue weighted by Crippen LogP contribution is -2.08. The average Bonchev–Trinajstić information content (AvgIpc) is 2.08. The first-order chi connectivity index (χ1) is 6.16. The molecule has 0 N–H and O–H groups in total. The van der Waals surface area contributed by atoms with Gasteiger partial charge in [-0.15, -0.1) is 0 Å². The Hall–Kier alpha value is -1.03. The van der Waals surface area contributed by atoms with Gasteiger partial charge in [0.15, 0.2) is 0 Å². The van der Waals surface area contributed by atoms with E-state index >= 15 is 0 Å². The smallest absolute Gasteiger partial charge is 0.434 e. The van der Waals surface area contributed by atoms with Gasteiger partial charge in [-0.3, -0.25) is 4.79 Å². The van der Waals surface area contributed by atoms with Crippen LogP contribution in [0.5, 0.6) is 0 Å². The fraction of sp³-hybridized carbons (Fsp3) is 0.500. The van der Waals surface area contributed by atoms with Gasteiger partial charge < -0.3 is 9.47 Å². The summed E-state index contributed by atoms with van der Waals surface area (Å²) in [4.78, 5) is 20.9. The van der Waals surface area contributed by atoms with Crippen LogP contribution in [0.4, 0.5) is 4.79 Å². The molecule has 0 atom stereocenters. The summed E-state index contributed by atoms with van der Waals surface area (Å²) >= 11 is 5.05. The molecule has 0 radical (unpaired) electrons. The van der Waals surface area contributed by atoms with Crippen LogP contribution in [0, 0.1) is 0 Å². The molecule has 0 aliphatic rings. The van der Waals surface area contributed by atoms with Crippen molar-refractivity contribution in [3.8, 4) is 0 Å². The lowest BCUT2D eigenvalue weighted by Gasteiger charge is -2.02. The van der Waals surface area contributed by atoms with Gasteiger partial charge in [0.25, 0.3) is 0 Å². The molecule has 0 saturated heterocycles. The van der Waals surface area contributed by atoms with E-state index < -0.39 is 11.4 Å². The highest BCUT2D eigenvalue weighted by Crippen LogP contribution is 1.96. The van der Waals surface area contributed by atoms with Gasteiger partial charge in [0, 0.05) is 6.42 Å². The predicted octanol–water partition coefficient (Wildman–Crippen LogP) is 1.87. The summed E-state index contributed by atoms with van der Waals surface area (Å²) < 4.78 is 9.08. The monoisotopic (exact) mass is 206 g/mol. The maximum Gasteiger partial charge on any atom is 0.508 e. The van der Waals surface area contributed by atoms with E-state index in [1.807, 2.05) is 0 Å². The molecule has 0 aromatic carbocycles. The summed E-state index contributed by atoms with van der Waals surface area (Å²) in [7, 11) is 0. The van der Waals surface area contributed by atoms with Crippen LogP contribution >= 0.6 is 11.6 Å². The van der Waals surface area contributed by atoms with Crippen molar-refractivity contribution in [2.75, 3.05) is 13.2 Å². The van der Waals surface area contributed by atoms with Crippen molar-refractivity contribution >= 4 is 23.0 Å². The van der Waals surface area contributed by atoms with Crippen molar-refractivity contribution in [3.05, 3.63) is 12.7 Å². The molecule has 4 nitrogen and oxygen atoms in total. The number of halogens is 1. The normalized spacial score (nSPS) is 9.00. The fourth-order valence-electron chi connectivity index (χ4n) is 0.535. The number of carbonyl (C=O) groups excluding carboxylic acids is 2. The minimum atomic E-state index is -0.762. The second-order valence-corrected chi connectivity index (χ2v) is 2.58. The summed E-state index contributed by atoms with van der Waals surface area (Å²) in [6, 6.07) is 0. The summed E-state index contributed by atoms with van der Waals surface area (Å²) in [5.74, 6) is 0. The highest BCUT2D eigenvalue weighted by molar-refractivity contribution is 6.63. The fourth-order valence-corrected chi connectivity index (χ4v) is 0.669. The summed E-state index contributed by atoms with van der Waals surface area (Å²) in [5, 5.41) is -0.442. The Labute approximate surface area is 81.5 Å². The van der Waals surface area contributed by atoms with Crippen LogP contribution in [-0.2, 0) is 14.3 Å². The molecule has 0 aliphatic carbocycles. The minimum absolute atomic E-state index is 0.118. The molecule has 0 amide bonds. The van der Waals surface area contributed by atoms with Gasteiger partial charge in [0.1, 0.15) is 6.61 Å². The van der Waals surface area contributed by atoms with Crippen LogP contribution in [0.15, 0.2) is 12.7 Å². The highest BCUT2D eigenvalue weighted by Gasteiger charge is 2.02. The topological polar surface area (TPSA) is 52.6 Å². The number of carbonyl (C=O) groups is 2. The summed E-state index contributed by atoms with van der Waals surface area (Å²) in [6.07, 6.45) is 1.27. The van der Waals surface area contributed by atoms with Gasteiger partial charge in [-0.2, -0.15) is 0 Å². The van der Waals surface area contributed by atoms with Crippen molar-refractivity contribution in [3.63, 3.8) is 0 Å². The van der Waals surface area contributed by atoms with E-state index in [0.717, 1.165) is 0 Å². The van der Waals surface area contributed by atoms with E-state index in [1.54, 1.807) is 0 Å². The molecule has 0 aliphatic heterocycles. The largest absolute Gasteiger partial charge is 0.508 e. The van der Waals surface area contributed by atoms with Crippen molar-refractivity contribution in [2.24, 2.45) is 0 Å². The van der Waals surface area contributed by atoms with E-state index in [4.69, 9.17) is 11.6 Å². The molecule has 5 heteroatoms. The Bertz CT molecular complexity index is 191. The van der Waals surface area contributed by atoms with Crippen molar-refractivity contribution in [1.82, 2.24) is 0 Å². The first-order valence-corrected chi connectivity index (χ1v) is 4.13. The second-order valence-electron chi connectivity index (χ2n) is 2.16. The number of hydrogen-bond acceptors (Lipinski definition) is 4. The Balaban J connectivity index is 3.26. The Morgan fingerprint density at radius 3 is 2.62 bits per heavy atom. The molecule has 0 aromatic rings. The first-order valence-electron chi connectivity index (χ1n) is 3.75. The molecule has 0 unspecified atom stereocenters. The lowest BCUT2D eigenvalue weighted by molar-refractivity contribution is -0.112. The SMILES string of the molecule is C=CCOC(=O)OCCCC(=O)Cl. The van der Waals surface area contributed by atoms with Gasteiger partial charge in [0.05, 0.1) is 6.61 Å². The zero-order chi connectivity index (χ0) is 10.1. The third kappa shape index (κ3) is 8.88. The van der Waals surface area contributed by atoms with Crippen LogP contribution in [0.3, 0.4) is 0 Å². The molecular formula is C8H11ClO4. The molecule has 0 bridgehead atoms. The van der Waals surface area contributed by atoms with Gasteiger partial charge in [-0.05, 0) is 18.0 Å². The molecular weight excluding hydrogens is 196 g/mol. The van der Waals surface area contributed by atoms with E-state index in [9.17, 15) is 9.59 Å². The van der Waals surface area contributed by atoms with Gasteiger partial charge >= 0.3 is 6.16 Å². The molecule has 74 valence electrons. The van der Waals surface area contributed by atoms with Crippen LogP contribution in [-0.4, -0.2) is 24.6 Å². The van der Waals surface area contributed by atoms with E-state index in [1.165, 1.54) is 6.08 Å². The Morgan fingerprint density at radius 1 is 1.38 bits per heavy atom. The Morgan fingerprint density at radius 2 is 2.08 bits per heavy atom. The molecule has 0 spiro atoms. The molecule has 13 heavy (non-hydrogen) atoms. The van der Waals surface area contributed by atoms with Crippen molar-refractivity contribution < 1.29 is 19.1 Å². The van der Waals surface area contributed by atoms with Gasteiger partial charge in [-0.25, -0.2) is 4.79 Å². The molecule has 0 aromatic heterocycles. The maximum absolute atomic E-state index is 10.6. The Kier molecular flexibility index (Phi) is 7.01. The van der Waals surface area contributed by atoms with Crippen LogP contribution in [0.1, 0.15) is 12.8 Å². The quantitative estimate of drug-likeness (QED) is 0.288. The number of ether oxygens (including phenoxy) is 2. The van der Waals surface area contributed by atoms with Crippen LogP contribution in [0.25, 0.3) is 0 Å². The average molecular weight is 207 g/mol. The van der Waals surface area contributed by atoms with Crippen LogP contribution in [0.2, 0.25) is 0 Å². The maximum atomic E-state index is 10.6. The highest BCUT2D eigenvalue weighted by atomic mass is 35.5. The summed E-state index contributed by atoms with van der Waals surface area (Å²) in [6.45, 7) is 3.61. The van der Waals surface area contributed by atoms with Crippen LogP contribution < -0.4 is 0 Å². The number of hydrogen-bond donors (Lipinski definition) is 0. The molecule has 0 rings (SSSR count). The molecule has 0 saturated carbocycles. The third-order valence-corrected chi connectivity index (χ3v) is 1.25. The summed E-state index contributed by atoms with van der Waals surface area (Å²) in [5.41, 5.74) is 0. The lowest BCUT2D eigenvalue weighted by atomic mass is 10.3. The minimum Gasteiger partial charge on any atom is -0.434 e. The number of rotatable bonds is 6. The first kappa shape index (κ1) is 12.0. The van der Waals surface area contributed by atoms with Gasteiger partial charge in [0.2, 0.25) is 5.24 Å². The zero-order valence-electron chi connectivity index (χ0n) is 7.12. The standard InChI is InChI=1S/C8H11ClO4/c1-2-5-12-8(11)13-6-3-4-7(9)10/h2H,1,3-6H2. The van der Waals surface area contributed by atoms with E-state index in [2.05, 4.69) is 16.1 Å². The van der Waals surface area contributed by atoms with E-state index in [-0.39, 0.29) is 19.6 Å².